The normalized spacial score (nSPS) is 12.0. The number of anilines is 2. The summed E-state index contributed by atoms with van der Waals surface area (Å²) in [6, 6.07) is 1.47. The van der Waals surface area contributed by atoms with Crippen molar-refractivity contribution in [3.8, 4) is 5.75 Å². The molecule has 0 saturated heterocycles. The van der Waals surface area contributed by atoms with E-state index in [0.29, 0.717) is 11.3 Å². The number of nitrogens with one attached hydrogen (secondary N) is 2. The van der Waals surface area contributed by atoms with Crippen molar-refractivity contribution in [2.24, 2.45) is 0 Å². The zero-order valence-corrected chi connectivity index (χ0v) is 17.0. The fourth-order valence-electron chi connectivity index (χ4n) is 1.60. The number of hydrogen-bond acceptors (Lipinski definition) is 7. The molecule has 2 heterocycles. The Balaban J connectivity index is 2.30. The summed E-state index contributed by atoms with van der Waals surface area (Å²) in [5, 5.41) is 12.9. The number of aromatic hydroxyl groups is 1. The first kappa shape index (κ1) is 19.8. The van der Waals surface area contributed by atoms with Gasteiger partial charge in [0, 0.05) is 18.1 Å². The Morgan fingerprint density at radius 1 is 1.24 bits per heavy atom. The van der Waals surface area contributed by atoms with E-state index >= 15 is 0 Å². The molecule has 0 saturated carbocycles. The monoisotopic (exact) mass is 443 g/mol. The Bertz CT molecular complexity index is 1010. The summed E-state index contributed by atoms with van der Waals surface area (Å²) in [5.74, 6) is -0.695. The van der Waals surface area contributed by atoms with Crippen LogP contribution >= 0.6 is 34.3 Å². The highest BCUT2D eigenvalue weighted by molar-refractivity contribution is 7.94. The van der Waals surface area contributed by atoms with E-state index in [1.165, 1.54) is 25.4 Å². The molecule has 0 atom stereocenters. The molecule has 3 N–H and O–H groups in total. The van der Waals surface area contributed by atoms with Crippen LogP contribution in [-0.4, -0.2) is 33.3 Å². The quantitative estimate of drug-likeness (QED) is 0.608. The van der Waals surface area contributed by atoms with Crippen LogP contribution in [0.25, 0.3) is 0 Å². The fraction of sp³-hybridized carbons (Fsp3) is 0.167. The summed E-state index contributed by atoms with van der Waals surface area (Å²) < 4.78 is 54.0. The van der Waals surface area contributed by atoms with Crippen molar-refractivity contribution < 1.29 is 21.9 Å². The summed E-state index contributed by atoms with van der Waals surface area (Å²) in [6.07, 6.45) is 0. The van der Waals surface area contributed by atoms with E-state index < -0.39 is 30.2 Å². The van der Waals surface area contributed by atoms with Gasteiger partial charge in [-0.15, -0.1) is 22.7 Å². The second kappa shape index (κ2) is 7.03. The predicted octanol–water partition coefficient (Wildman–Crippen LogP) is 3.09. The molecule has 0 aliphatic rings. The van der Waals surface area contributed by atoms with E-state index in [1.807, 2.05) is 0 Å². The van der Waals surface area contributed by atoms with Crippen molar-refractivity contribution in [2.75, 3.05) is 16.5 Å². The zero-order chi connectivity index (χ0) is 19.0. The maximum absolute atomic E-state index is 12.4. The maximum Gasteiger partial charge on any atom is 0.321 e. The Morgan fingerprint density at radius 3 is 2.36 bits per heavy atom. The van der Waals surface area contributed by atoms with Gasteiger partial charge < -0.3 is 5.11 Å². The topological polar surface area (TPSA) is 116 Å². The molecule has 0 aromatic carbocycles. The van der Waals surface area contributed by atoms with Gasteiger partial charge in [0.05, 0.1) is 5.69 Å². The van der Waals surface area contributed by atoms with Gasteiger partial charge in [0.1, 0.15) is 10.0 Å². The lowest BCUT2D eigenvalue weighted by molar-refractivity contribution is 0.461. The molecule has 0 unspecified atom stereocenters. The lowest BCUT2D eigenvalue weighted by atomic mass is 10.5. The van der Waals surface area contributed by atoms with Crippen LogP contribution < -0.4 is 9.44 Å². The van der Waals surface area contributed by atoms with Crippen molar-refractivity contribution in [1.82, 2.24) is 4.31 Å². The minimum Gasteiger partial charge on any atom is -0.504 e. The molecule has 0 aliphatic carbocycles. The first-order chi connectivity index (χ1) is 11.5. The highest BCUT2D eigenvalue weighted by atomic mass is 35.5. The van der Waals surface area contributed by atoms with Crippen LogP contribution in [-0.2, 0) is 20.2 Å². The summed E-state index contributed by atoms with van der Waals surface area (Å²) in [6.45, 7) is 5.02. The van der Waals surface area contributed by atoms with Crippen LogP contribution in [0.15, 0.2) is 33.3 Å². The molecule has 2 aromatic heterocycles. The average molecular weight is 444 g/mol. The number of thiophene rings is 2. The number of rotatable bonds is 7. The molecular formula is C12H14ClN3O5S4. The van der Waals surface area contributed by atoms with Gasteiger partial charge in [0.2, 0.25) is 0 Å². The fourth-order valence-corrected chi connectivity index (χ4v) is 6.18. The van der Waals surface area contributed by atoms with Gasteiger partial charge in [-0.3, -0.25) is 13.7 Å². The third kappa shape index (κ3) is 4.20. The third-order valence-corrected chi connectivity index (χ3v) is 8.49. The van der Waals surface area contributed by atoms with E-state index in [1.54, 1.807) is 5.38 Å². The van der Waals surface area contributed by atoms with Gasteiger partial charge in [-0.25, -0.2) is 8.42 Å². The SMILES string of the molecule is C=C(C)N(C)S(=O)(=O)c1scc(NS(=O)(=O)Nc2ccsc2Cl)c1O. The van der Waals surface area contributed by atoms with Crippen molar-refractivity contribution >= 4 is 65.9 Å². The predicted molar refractivity (Wildman–Crippen MR) is 101 cm³/mol. The molecule has 0 fully saturated rings. The van der Waals surface area contributed by atoms with Crippen LogP contribution in [0.2, 0.25) is 4.34 Å². The van der Waals surface area contributed by atoms with Crippen LogP contribution in [0.1, 0.15) is 6.92 Å². The minimum absolute atomic E-state index is 0.170. The molecule has 0 amide bonds. The van der Waals surface area contributed by atoms with Gasteiger partial charge in [-0.1, -0.05) is 18.2 Å². The molecule has 0 spiro atoms. The smallest absolute Gasteiger partial charge is 0.321 e. The van der Waals surface area contributed by atoms with Crippen molar-refractivity contribution in [3.05, 3.63) is 33.4 Å². The molecule has 0 aliphatic heterocycles. The summed E-state index contributed by atoms with van der Waals surface area (Å²) in [5.41, 5.74) is 0.144. The van der Waals surface area contributed by atoms with Crippen molar-refractivity contribution in [3.63, 3.8) is 0 Å². The average Bonchev–Trinajstić information content (AvgIpc) is 3.05. The number of nitrogens with zero attached hydrogens (tertiary/aromatic N) is 1. The van der Waals surface area contributed by atoms with E-state index in [4.69, 9.17) is 11.6 Å². The maximum atomic E-state index is 12.4. The Labute approximate surface area is 158 Å². The standard InChI is InChI=1S/C12H14ClN3O5S4/c1-7(2)16(3)24(18,19)12-10(17)9(6-23-12)15-25(20,21)14-8-4-5-22-11(8)13/h4-6,14-15,17H,1H2,2-3H3. The Hall–Kier alpha value is -1.47. The Morgan fingerprint density at radius 2 is 1.84 bits per heavy atom. The van der Waals surface area contributed by atoms with Gasteiger partial charge in [0.25, 0.3) is 10.0 Å². The van der Waals surface area contributed by atoms with Crippen LogP contribution in [0.3, 0.4) is 0 Å². The highest BCUT2D eigenvalue weighted by Crippen LogP contribution is 2.40. The van der Waals surface area contributed by atoms with E-state index in [0.717, 1.165) is 15.6 Å². The molecular weight excluding hydrogens is 430 g/mol. The first-order valence-electron chi connectivity index (χ1n) is 6.44. The number of halogens is 1. The summed E-state index contributed by atoms with van der Waals surface area (Å²) in [7, 11) is -6.88. The molecule has 2 aromatic rings. The van der Waals surface area contributed by atoms with Crippen LogP contribution in [0.5, 0.6) is 5.75 Å². The van der Waals surface area contributed by atoms with E-state index in [2.05, 4.69) is 16.0 Å². The van der Waals surface area contributed by atoms with Gasteiger partial charge in [-0.2, -0.15) is 8.42 Å². The number of hydrogen-bond donors (Lipinski definition) is 3. The summed E-state index contributed by atoms with van der Waals surface area (Å²) >= 11 is 7.65. The number of sulfonamides is 1. The lowest BCUT2D eigenvalue weighted by Gasteiger charge is -2.18. The van der Waals surface area contributed by atoms with Gasteiger partial charge in [0.15, 0.2) is 9.96 Å². The second-order valence-electron chi connectivity index (χ2n) is 4.81. The third-order valence-electron chi connectivity index (χ3n) is 2.97. The largest absolute Gasteiger partial charge is 0.504 e. The molecule has 25 heavy (non-hydrogen) atoms. The molecule has 8 nitrogen and oxygen atoms in total. The zero-order valence-electron chi connectivity index (χ0n) is 13.0. The summed E-state index contributed by atoms with van der Waals surface area (Å²) in [4.78, 5) is 0. The molecule has 138 valence electrons. The van der Waals surface area contributed by atoms with Crippen LogP contribution in [0.4, 0.5) is 11.4 Å². The molecule has 2 rings (SSSR count). The molecule has 0 radical (unpaired) electrons. The van der Waals surface area contributed by atoms with Gasteiger partial charge in [-0.05, 0) is 18.4 Å². The van der Waals surface area contributed by atoms with E-state index in [9.17, 15) is 21.9 Å². The van der Waals surface area contributed by atoms with Crippen LogP contribution in [0, 0.1) is 0 Å². The Kier molecular flexibility index (Phi) is 5.59. The first-order valence-corrected chi connectivity index (χ1v) is 11.5. The van der Waals surface area contributed by atoms with Crippen molar-refractivity contribution in [2.45, 2.75) is 11.1 Å². The second-order valence-corrected chi connectivity index (χ2v) is 10.8. The molecule has 13 heteroatoms. The van der Waals surface area contributed by atoms with E-state index in [-0.39, 0.29) is 21.4 Å². The number of allylic oxidation sites excluding steroid dienone is 1. The van der Waals surface area contributed by atoms with Gasteiger partial charge >= 0.3 is 10.2 Å². The minimum atomic E-state index is -4.13. The lowest BCUT2D eigenvalue weighted by Crippen LogP contribution is -2.24. The van der Waals surface area contributed by atoms with Crippen molar-refractivity contribution in [1.29, 1.82) is 0 Å². The molecule has 0 bridgehead atoms. The highest BCUT2D eigenvalue weighted by Gasteiger charge is 2.29.